The minimum Gasteiger partial charge on any atom is -0.354 e. The Labute approximate surface area is 155 Å². The number of carbonyl (C=O) groups excluding carboxylic acids is 2. The van der Waals surface area contributed by atoms with E-state index in [0.717, 1.165) is 11.1 Å². The van der Waals surface area contributed by atoms with Crippen LogP contribution in [-0.4, -0.2) is 57.3 Å². The van der Waals surface area contributed by atoms with E-state index >= 15 is 0 Å². The SMILES string of the molecule is CNC(=O)c1cn(C[C@@H]2CC(F)(F)CN2C(=O)c2ccc(C)c(C)c2)nn1. The summed E-state index contributed by atoms with van der Waals surface area (Å²) in [7, 11) is 1.46. The van der Waals surface area contributed by atoms with Crippen molar-refractivity contribution in [2.45, 2.75) is 38.8 Å². The zero-order valence-electron chi connectivity index (χ0n) is 15.4. The fourth-order valence-electron chi connectivity index (χ4n) is 3.17. The third kappa shape index (κ3) is 3.96. The van der Waals surface area contributed by atoms with E-state index in [2.05, 4.69) is 15.6 Å². The third-order valence-corrected chi connectivity index (χ3v) is 4.79. The van der Waals surface area contributed by atoms with Crippen molar-refractivity contribution in [3.8, 4) is 0 Å². The Kier molecular flexibility index (Phi) is 4.95. The van der Waals surface area contributed by atoms with Gasteiger partial charge in [0.15, 0.2) is 5.69 Å². The van der Waals surface area contributed by atoms with Gasteiger partial charge in [-0.15, -0.1) is 5.10 Å². The summed E-state index contributed by atoms with van der Waals surface area (Å²) in [5.74, 6) is -3.82. The molecule has 1 N–H and O–H groups in total. The molecule has 3 rings (SSSR count). The topological polar surface area (TPSA) is 80.1 Å². The molecule has 1 aromatic carbocycles. The van der Waals surface area contributed by atoms with Gasteiger partial charge in [-0.25, -0.2) is 13.5 Å². The van der Waals surface area contributed by atoms with Crippen molar-refractivity contribution >= 4 is 11.8 Å². The van der Waals surface area contributed by atoms with E-state index < -0.39 is 36.7 Å². The number of alkyl halides is 2. The number of nitrogens with one attached hydrogen (secondary N) is 1. The number of aryl methyl sites for hydroxylation is 2. The van der Waals surface area contributed by atoms with E-state index in [0.29, 0.717) is 5.56 Å². The average Bonchev–Trinajstić information content (AvgIpc) is 3.20. The number of nitrogens with zero attached hydrogens (tertiary/aromatic N) is 4. The number of hydrogen-bond donors (Lipinski definition) is 1. The first kappa shape index (κ1) is 18.9. The van der Waals surface area contributed by atoms with Gasteiger partial charge in [-0.05, 0) is 37.1 Å². The molecule has 144 valence electrons. The molecule has 1 aliphatic rings. The summed E-state index contributed by atoms with van der Waals surface area (Å²) in [4.78, 5) is 25.6. The predicted molar refractivity (Wildman–Crippen MR) is 93.7 cm³/mol. The van der Waals surface area contributed by atoms with Gasteiger partial charge in [-0.3, -0.25) is 9.59 Å². The number of hydrogen-bond acceptors (Lipinski definition) is 4. The molecule has 0 spiro atoms. The minimum atomic E-state index is -2.97. The molecule has 2 amide bonds. The second-order valence-corrected chi connectivity index (χ2v) is 6.85. The summed E-state index contributed by atoms with van der Waals surface area (Å²) in [5.41, 5.74) is 2.42. The van der Waals surface area contributed by atoms with Crippen molar-refractivity contribution in [3.05, 3.63) is 46.8 Å². The summed E-state index contributed by atoms with van der Waals surface area (Å²) in [6.45, 7) is 3.19. The monoisotopic (exact) mass is 377 g/mol. The van der Waals surface area contributed by atoms with Gasteiger partial charge in [-0.2, -0.15) is 0 Å². The van der Waals surface area contributed by atoms with Crippen molar-refractivity contribution in [3.63, 3.8) is 0 Å². The van der Waals surface area contributed by atoms with E-state index in [-0.39, 0.29) is 12.2 Å². The molecule has 1 saturated heterocycles. The first-order chi connectivity index (χ1) is 12.7. The number of likely N-dealkylation sites (tertiary alicyclic amines) is 1. The molecule has 7 nitrogen and oxygen atoms in total. The average molecular weight is 377 g/mol. The number of aromatic nitrogens is 3. The molecule has 1 aromatic heterocycles. The molecule has 1 fully saturated rings. The predicted octanol–water partition coefficient (Wildman–Crippen LogP) is 1.80. The summed E-state index contributed by atoms with van der Waals surface area (Å²) in [6.07, 6.45) is 0.923. The molecular weight excluding hydrogens is 356 g/mol. The second-order valence-electron chi connectivity index (χ2n) is 6.85. The summed E-state index contributed by atoms with van der Waals surface area (Å²) >= 11 is 0. The van der Waals surface area contributed by atoms with E-state index in [1.54, 1.807) is 18.2 Å². The Hall–Kier alpha value is -2.84. The number of carbonyl (C=O) groups is 2. The van der Waals surface area contributed by atoms with Crippen molar-refractivity contribution in [2.75, 3.05) is 13.6 Å². The van der Waals surface area contributed by atoms with Crippen LogP contribution in [0.4, 0.5) is 8.78 Å². The van der Waals surface area contributed by atoms with Crippen LogP contribution < -0.4 is 5.32 Å². The Bertz CT molecular complexity index is 880. The molecule has 1 aliphatic heterocycles. The maximum Gasteiger partial charge on any atom is 0.273 e. The van der Waals surface area contributed by atoms with Gasteiger partial charge < -0.3 is 10.2 Å². The maximum atomic E-state index is 14.1. The number of amides is 2. The van der Waals surface area contributed by atoms with Crippen LogP contribution >= 0.6 is 0 Å². The zero-order chi connectivity index (χ0) is 19.8. The molecule has 2 heterocycles. The fourth-order valence-corrected chi connectivity index (χ4v) is 3.17. The lowest BCUT2D eigenvalue weighted by atomic mass is 10.1. The van der Waals surface area contributed by atoms with Crippen molar-refractivity contribution in [1.82, 2.24) is 25.2 Å². The highest BCUT2D eigenvalue weighted by molar-refractivity contribution is 5.95. The first-order valence-electron chi connectivity index (χ1n) is 8.58. The van der Waals surface area contributed by atoms with Gasteiger partial charge in [-0.1, -0.05) is 11.3 Å². The summed E-state index contributed by atoms with van der Waals surface area (Å²) < 4.78 is 29.4. The highest BCUT2D eigenvalue weighted by Gasteiger charge is 2.47. The van der Waals surface area contributed by atoms with Crippen LogP contribution in [0, 0.1) is 13.8 Å². The van der Waals surface area contributed by atoms with Crippen LogP contribution in [0.3, 0.4) is 0 Å². The molecule has 1 atom stereocenters. The third-order valence-electron chi connectivity index (χ3n) is 4.79. The van der Waals surface area contributed by atoms with Gasteiger partial charge >= 0.3 is 0 Å². The molecule has 0 unspecified atom stereocenters. The van der Waals surface area contributed by atoms with Crippen LogP contribution in [-0.2, 0) is 6.54 Å². The Morgan fingerprint density at radius 3 is 2.70 bits per heavy atom. The lowest BCUT2D eigenvalue weighted by molar-refractivity contribution is 0.0117. The molecule has 0 bridgehead atoms. The zero-order valence-corrected chi connectivity index (χ0v) is 15.4. The number of rotatable bonds is 4. The Balaban J connectivity index is 1.82. The van der Waals surface area contributed by atoms with Gasteiger partial charge in [0, 0.05) is 19.0 Å². The molecular formula is C18H21F2N5O2. The molecule has 0 saturated carbocycles. The van der Waals surface area contributed by atoms with Crippen molar-refractivity contribution in [2.24, 2.45) is 0 Å². The Morgan fingerprint density at radius 1 is 1.30 bits per heavy atom. The van der Waals surface area contributed by atoms with Crippen molar-refractivity contribution < 1.29 is 18.4 Å². The number of benzene rings is 1. The van der Waals surface area contributed by atoms with Gasteiger partial charge in [0.1, 0.15) is 0 Å². The van der Waals surface area contributed by atoms with Gasteiger partial charge in [0.05, 0.1) is 25.3 Å². The molecule has 2 aromatic rings. The lowest BCUT2D eigenvalue weighted by Gasteiger charge is -2.24. The lowest BCUT2D eigenvalue weighted by Crippen LogP contribution is -2.38. The van der Waals surface area contributed by atoms with Crippen LogP contribution in [0.5, 0.6) is 0 Å². The largest absolute Gasteiger partial charge is 0.354 e. The van der Waals surface area contributed by atoms with Gasteiger partial charge in [0.2, 0.25) is 0 Å². The normalized spacial score (nSPS) is 18.6. The fraction of sp³-hybridized carbons (Fsp3) is 0.444. The number of halogens is 2. The van der Waals surface area contributed by atoms with E-state index in [9.17, 15) is 18.4 Å². The molecule has 0 radical (unpaired) electrons. The first-order valence-corrected chi connectivity index (χ1v) is 8.58. The van der Waals surface area contributed by atoms with E-state index in [1.807, 2.05) is 13.8 Å². The van der Waals surface area contributed by atoms with Crippen LogP contribution in [0.25, 0.3) is 0 Å². The van der Waals surface area contributed by atoms with E-state index in [4.69, 9.17) is 0 Å². The highest BCUT2D eigenvalue weighted by atomic mass is 19.3. The second kappa shape index (κ2) is 7.05. The molecule has 27 heavy (non-hydrogen) atoms. The van der Waals surface area contributed by atoms with Gasteiger partial charge in [0.25, 0.3) is 17.7 Å². The molecule has 9 heteroatoms. The van der Waals surface area contributed by atoms with E-state index in [1.165, 1.54) is 22.8 Å². The van der Waals surface area contributed by atoms with Crippen LogP contribution in [0.2, 0.25) is 0 Å². The standard InChI is InChI=1S/C18H21F2N5O2/c1-11-4-5-13(6-12(11)2)17(27)25-10-18(19,20)7-14(25)8-24-9-15(22-23-24)16(26)21-3/h4-6,9,14H,7-8,10H2,1-3H3,(H,21,26)/t14-/m0/s1. The van der Waals surface area contributed by atoms with Crippen LogP contribution in [0.15, 0.2) is 24.4 Å². The smallest absolute Gasteiger partial charge is 0.273 e. The van der Waals surface area contributed by atoms with Crippen LogP contribution in [0.1, 0.15) is 38.4 Å². The maximum absolute atomic E-state index is 14.1. The minimum absolute atomic E-state index is 0.0379. The highest BCUT2D eigenvalue weighted by Crippen LogP contribution is 2.34. The Morgan fingerprint density at radius 2 is 2.04 bits per heavy atom. The molecule has 0 aliphatic carbocycles. The van der Waals surface area contributed by atoms with Crippen molar-refractivity contribution in [1.29, 1.82) is 0 Å². The summed E-state index contributed by atoms with van der Waals surface area (Å²) in [5, 5.41) is 9.96. The quantitative estimate of drug-likeness (QED) is 0.881. The summed E-state index contributed by atoms with van der Waals surface area (Å²) in [6, 6.07) is 4.42.